The average Bonchev–Trinajstić information content (AvgIpc) is 3.33. The molecule has 22 heavy (non-hydrogen) atoms. The predicted octanol–water partition coefficient (Wildman–Crippen LogP) is 5.54. The van der Waals surface area contributed by atoms with Gasteiger partial charge in [0.05, 0.1) is 5.52 Å². The van der Waals surface area contributed by atoms with Crippen LogP contribution in [0.15, 0.2) is 42.5 Å². The molecule has 0 saturated heterocycles. The van der Waals surface area contributed by atoms with Crippen LogP contribution >= 0.6 is 0 Å². The Kier molecular flexibility index (Phi) is 3.00. The minimum absolute atomic E-state index is 0.196. The van der Waals surface area contributed by atoms with Crippen LogP contribution in [0.3, 0.4) is 0 Å². The van der Waals surface area contributed by atoms with Crippen LogP contribution in [0.1, 0.15) is 35.6 Å². The van der Waals surface area contributed by atoms with Crippen molar-refractivity contribution >= 4 is 10.9 Å². The predicted molar refractivity (Wildman–Crippen MR) is 88.6 cm³/mol. The van der Waals surface area contributed by atoms with Gasteiger partial charge in [-0.2, -0.15) is 0 Å². The normalized spacial score (nSPS) is 14.5. The summed E-state index contributed by atoms with van der Waals surface area (Å²) in [7, 11) is 0. The summed E-state index contributed by atoms with van der Waals surface area (Å²) in [6.45, 7) is 4.25. The van der Waals surface area contributed by atoms with Crippen LogP contribution in [0.2, 0.25) is 0 Å². The Morgan fingerprint density at radius 2 is 1.73 bits per heavy atom. The van der Waals surface area contributed by atoms with E-state index < -0.39 is 0 Å². The summed E-state index contributed by atoms with van der Waals surface area (Å²) >= 11 is 0. The van der Waals surface area contributed by atoms with Gasteiger partial charge in [0.1, 0.15) is 5.82 Å². The third kappa shape index (κ3) is 2.19. The van der Waals surface area contributed by atoms with Gasteiger partial charge in [0, 0.05) is 17.0 Å². The smallest absolute Gasteiger partial charge is 0.123 e. The SMILES string of the molecule is Cc1ccc2nc(C3CC3)c(C)c(-c3ccc(F)cc3)c2c1. The number of fused-ring (bicyclic) bond motifs is 1. The first-order valence-corrected chi connectivity index (χ1v) is 7.80. The molecule has 2 aromatic carbocycles. The molecule has 0 bridgehead atoms. The summed E-state index contributed by atoms with van der Waals surface area (Å²) in [5.41, 5.74) is 6.99. The van der Waals surface area contributed by atoms with Crippen molar-refractivity contribution in [1.29, 1.82) is 0 Å². The summed E-state index contributed by atoms with van der Waals surface area (Å²) in [4.78, 5) is 4.91. The van der Waals surface area contributed by atoms with Crippen molar-refractivity contribution < 1.29 is 4.39 Å². The first-order valence-electron chi connectivity index (χ1n) is 7.80. The van der Waals surface area contributed by atoms with Crippen LogP contribution in [0, 0.1) is 19.7 Å². The van der Waals surface area contributed by atoms with Crippen LogP contribution < -0.4 is 0 Å². The molecule has 0 N–H and O–H groups in total. The number of rotatable bonds is 2. The molecule has 0 aliphatic heterocycles. The average molecular weight is 291 g/mol. The topological polar surface area (TPSA) is 12.9 Å². The van der Waals surface area contributed by atoms with Crippen molar-refractivity contribution in [3.8, 4) is 11.1 Å². The quantitative estimate of drug-likeness (QED) is 0.604. The highest BCUT2D eigenvalue weighted by atomic mass is 19.1. The monoisotopic (exact) mass is 291 g/mol. The number of nitrogens with zero attached hydrogens (tertiary/aromatic N) is 1. The second-order valence-electron chi connectivity index (χ2n) is 6.30. The van der Waals surface area contributed by atoms with E-state index in [4.69, 9.17) is 4.98 Å². The molecule has 0 spiro atoms. The Morgan fingerprint density at radius 3 is 2.41 bits per heavy atom. The summed E-state index contributed by atoms with van der Waals surface area (Å²) < 4.78 is 13.3. The Bertz CT molecular complexity index is 861. The molecule has 2 heteroatoms. The van der Waals surface area contributed by atoms with Gasteiger partial charge in [-0.3, -0.25) is 4.98 Å². The van der Waals surface area contributed by atoms with Gasteiger partial charge in [-0.15, -0.1) is 0 Å². The van der Waals surface area contributed by atoms with Gasteiger partial charge in [0.2, 0.25) is 0 Å². The minimum atomic E-state index is -0.196. The number of aromatic nitrogens is 1. The van der Waals surface area contributed by atoms with Crippen LogP contribution in [-0.2, 0) is 0 Å². The van der Waals surface area contributed by atoms with Gasteiger partial charge in [-0.05, 0) is 67.6 Å². The molecular weight excluding hydrogens is 273 g/mol. The van der Waals surface area contributed by atoms with E-state index in [0.717, 1.165) is 16.5 Å². The first kappa shape index (κ1) is 13.4. The molecule has 1 nitrogen and oxygen atoms in total. The van der Waals surface area contributed by atoms with Crippen molar-refractivity contribution in [2.24, 2.45) is 0 Å². The molecule has 3 aromatic rings. The van der Waals surface area contributed by atoms with Gasteiger partial charge in [-0.25, -0.2) is 4.39 Å². The maximum Gasteiger partial charge on any atom is 0.123 e. The van der Waals surface area contributed by atoms with Crippen molar-refractivity contribution in [2.75, 3.05) is 0 Å². The second kappa shape index (κ2) is 4.91. The van der Waals surface area contributed by atoms with E-state index in [1.165, 1.54) is 47.4 Å². The molecule has 0 atom stereocenters. The number of benzene rings is 2. The summed E-state index contributed by atoms with van der Waals surface area (Å²) in [6, 6.07) is 13.2. The number of hydrogen-bond donors (Lipinski definition) is 0. The van der Waals surface area contributed by atoms with Crippen LogP contribution in [0.4, 0.5) is 4.39 Å². The highest BCUT2D eigenvalue weighted by molar-refractivity contribution is 5.97. The maximum atomic E-state index is 13.3. The Labute approximate surface area is 129 Å². The fraction of sp³-hybridized carbons (Fsp3) is 0.250. The van der Waals surface area contributed by atoms with E-state index >= 15 is 0 Å². The second-order valence-corrected chi connectivity index (χ2v) is 6.30. The minimum Gasteiger partial charge on any atom is -0.252 e. The lowest BCUT2D eigenvalue weighted by molar-refractivity contribution is 0.628. The zero-order chi connectivity index (χ0) is 15.3. The van der Waals surface area contributed by atoms with Gasteiger partial charge < -0.3 is 0 Å². The molecule has 0 unspecified atom stereocenters. The van der Waals surface area contributed by atoms with E-state index in [2.05, 4.69) is 32.0 Å². The molecule has 4 rings (SSSR count). The molecule has 110 valence electrons. The van der Waals surface area contributed by atoms with Crippen LogP contribution in [0.5, 0.6) is 0 Å². The summed E-state index contributed by atoms with van der Waals surface area (Å²) in [5.74, 6) is 0.406. The molecule has 1 aromatic heterocycles. The molecule has 1 saturated carbocycles. The highest BCUT2D eigenvalue weighted by Gasteiger charge is 2.28. The lowest BCUT2D eigenvalue weighted by Gasteiger charge is -2.15. The van der Waals surface area contributed by atoms with Crippen molar-refractivity contribution in [2.45, 2.75) is 32.6 Å². The number of aryl methyl sites for hydroxylation is 1. The third-order valence-corrected chi connectivity index (χ3v) is 4.52. The first-order chi connectivity index (χ1) is 10.6. The highest BCUT2D eigenvalue weighted by Crippen LogP contribution is 2.44. The van der Waals surface area contributed by atoms with Gasteiger partial charge in [0.15, 0.2) is 0 Å². The molecular formula is C20H18FN. The van der Waals surface area contributed by atoms with Crippen molar-refractivity contribution in [1.82, 2.24) is 4.98 Å². The van der Waals surface area contributed by atoms with E-state index in [1.54, 1.807) is 0 Å². The molecule has 1 aliphatic carbocycles. The Morgan fingerprint density at radius 1 is 1.00 bits per heavy atom. The number of hydrogen-bond acceptors (Lipinski definition) is 1. The fourth-order valence-corrected chi connectivity index (χ4v) is 3.23. The number of pyridine rings is 1. The van der Waals surface area contributed by atoms with E-state index in [0.29, 0.717) is 5.92 Å². The fourth-order valence-electron chi connectivity index (χ4n) is 3.23. The van der Waals surface area contributed by atoms with Gasteiger partial charge in [-0.1, -0.05) is 23.8 Å². The zero-order valence-electron chi connectivity index (χ0n) is 12.9. The molecule has 0 amide bonds. The molecule has 0 radical (unpaired) electrons. The van der Waals surface area contributed by atoms with Crippen molar-refractivity contribution in [3.05, 3.63) is 65.1 Å². The zero-order valence-corrected chi connectivity index (χ0v) is 12.9. The molecule has 1 fully saturated rings. The molecule has 1 aliphatic rings. The summed E-state index contributed by atoms with van der Waals surface area (Å²) in [5, 5.41) is 1.16. The van der Waals surface area contributed by atoms with E-state index in [9.17, 15) is 4.39 Å². The Hall–Kier alpha value is -2.22. The Balaban J connectivity index is 2.06. The standard InChI is InChI=1S/C20H18FN/c1-12-3-10-18-17(11-12)19(14-6-8-16(21)9-7-14)13(2)20(22-18)15-4-5-15/h3,6-11,15H,4-5H2,1-2H3. The van der Waals surface area contributed by atoms with Gasteiger partial charge >= 0.3 is 0 Å². The lowest BCUT2D eigenvalue weighted by Crippen LogP contribution is -1.98. The van der Waals surface area contributed by atoms with Crippen LogP contribution in [-0.4, -0.2) is 4.98 Å². The third-order valence-electron chi connectivity index (χ3n) is 4.52. The van der Waals surface area contributed by atoms with Crippen LogP contribution in [0.25, 0.3) is 22.0 Å². The van der Waals surface area contributed by atoms with E-state index in [-0.39, 0.29) is 5.82 Å². The number of halogens is 1. The van der Waals surface area contributed by atoms with E-state index in [1.807, 2.05) is 12.1 Å². The lowest BCUT2D eigenvalue weighted by atomic mass is 9.93. The summed E-state index contributed by atoms with van der Waals surface area (Å²) in [6.07, 6.45) is 2.46. The van der Waals surface area contributed by atoms with Gasteiger partial charge in [0.25, 0.3) is 0 Å². The van der Waals surface area contributed by atoms with Crippen molar-refractivity contribution in [3.63, 3.8) is 0 Å². The molecule has 1 heterocycles. The maximum absolute atomic E-state index is 13.3. The largest absolute Gasteiger partial charge is 0.252 e.